The number of halogens is 8. The van der Waals surface area contributed by atoms with Crippen molar-refractivity contribution < 1.29 is 30.7 Å². The van der Waals surface area contributed by atoms with E-state index in [-0.39, 0.29) is 5.78 Å². The summed E-state index contributed by atoms with van der Waals surface area (Å²) >= 11 is 5.97. The van der Waals surface area contributed by atoms with Crippen LogP contribution in [0, 0.1) is 5.82 Å². The number of rotatable bonds is 3. The summed E-state index contributed by atoms with van der Waals surface area (Å²) in [5.74, 6) is -1.86. The molecular weight excluding hydrogens is 419 g/mol. The third-order valence-electron chi connectivity index (χ3n) is 3.78. The molecule has 28 heavy (non-hydrogen) atoms. The molecule has 0 fully saturated rings. The van der Waals surface area contributed by atoms with Crippen LogP contribution in [0.4, 0.5) is 36.6 Å². The molecule has 150 valence electrons. The van der Waals surface area contributed by atoms with Gasteiger partial charge in [0.15, 0.2) is 0 Å². The second kappa shape index (κ2) is 6.76. The first-order valence-electron chi connectivity index (χ1n) is 7.49. The first kappa shape index (κ1) is 20.1. The van der Waals surface area contributed by atoms with E-state index in [0.29, 0.717) is 18.2 Å². The molecule has 3 rings (SSSR count). The zero-order chi connectivity index (χ0) is 20.9. The fourth-order valence-corrected chi connectivity index (χ4v) is 2.71. The fraction of sp³-hybridized carbons (Fsp3) is 0.267. The Morgan fingerprint density at radius 2 is 1.82 bits per heavy atom. The van der Waals surface area contributed by atoms with Crippen molar-refractivity contribution >= 4 is 23.2 Å². The van der Waals surface area contributed by atoms with Gasteiger partial charge >= 0.3 is 12.4 Å². The van der Waals surface area contributed by atoms with Gasteiger partial charge in [-0.1, -0.05) is 11.6 Å². The molecule has 1 aromatic carbocycles. The highest BCUT2D eigenvalue weighted by Crippen LogP contribution is 2.43. The van der Waals surface area contributed by atoms with Gasteiger partial charge in [0.05, 0.1) is 11.1 Å². The lowest BCUT2D eigenvalue weighted by molar-refractivity contribution is -0.139. The second-order valence-corrected chi connectivity index (χ2v) is 6.05. The van der Waals surface area contributed by atoms with E-state index in [4.69, 9.17) is 11.6 Å². The molecule has 0 amide bonds. The van der Waals surface area contributed by atoms with Crippen LogP contribution in [0.1, 0.15) is 12.5 Å². The van der Waals surface area contributed by atoms with E-state index in [9.17, 15) is 30.7 Å². The average molecular weight is 428 g/mol. The van der Waals surface area contributed by atoms with Crippen LogP contribution in [-0.2, 0) is 6.18 Å². The predicted molar refractivity (Wildman–Crippen MR) is 85.3 cm³/mol. The minimum Gasteiger partial charge on any atom is -0.358 e. The van der Waals surface area contributed by atoms with Crippen molar-refractivity contribution in [1.29, 1.82) is 0 Å². The Labute approximate surface area is 157 Å². The van der Waals surface area contributed by atoms with Gasteiger partial charge in [-0.3, -0.25) is 0 Å². The van der Waals surface area contributed by atoms with Crippen LogP contribution in [-0.4, -0.2) is 31.8 Å². The smallest absolute Gasteiger partial charge is 0.358 e. The maximum Gasteiger partial charge on any atom is 0.417 e. The SMILES string of the molecule is CC(Nc1c(-c2cc(F)ccc2C(F)(F)F)c(Cl)nc2ncnn12)C(F)(F)F. The van der Waals surface area contributed by atoms with Crippen LogP contribution in [0.25, 0.3) is 16.9 Å². The number of fused-ring (bicyclic) bond motifs is 1. The minimum absolute atomic E-state index is 0.254. The van der Waals surface area contributed by atoms with E-state index in [1.165, 1.54) is 0 Å². The molecule has 5 nitrogen and oxygen atoms in total. The number of nitrogens with zero attached hydrogens (tertiary/aromatic N) is 4. The van der Waals surface area contributed by atoms with Gasteiger partial charge in [0.2, 0.25) is 0 Å². The van der Waals surface area contributed by atoms with Gasteiger partial charge < -0.3 is 5.32 Å². The number of hydrogen-bond acceptors (Lipinski definition) is 4. The van der Waals surface area contributed by atoms with Crippen molar-refractivity contribution in [2.45, 2.75) is 25.3 Å². The van der Waals surface area contributed by atoms with E-state index in [1.807, 2.05) is 5.32 Å². The number of aromatic nitrogens is 4. The summed E-state index contributed by atoms with van der Waals surface area (Å²) in [7, 11) is 0. The summed E-state index contributed by atoms with van der Waals surface area (Å²) in [4.78, 5) is 7.41. The Kier molecular flexibility index (Phi) is 4.86. The predicted octanol–water partition coefficient (Wildman–Crippen LogP) is 4.97. The molecule has 0 spiro atoms. The van der Waals surface area contributed by atoms with E-state index < -0.39 is 51.9 Å². The zero-order valence-electron chi connectivity index (χ0n) is 13.7. The van der Waals surface area contributed by atoms with Gasteiger partial charge in [0.25, 0.3) is 5.78 Å². The topological polar surface area (TPSA) is 55.1 Å². The molecule has 0 radical (unpaired) electrons. The third kappa shape index (κ3) is 3.68. The summed E-state index contributed by atoms with van der Waals surface area (Å²) in [6, 6.07) is -0.644. The van der Waals surface area contributed by atoms with E-state index in [2.05, 4.69) is 15.1 Å². The number of nitrogens with one attached hydrogen (secondary N) is 1. The van der Waals surface area contributed by atoms with Crippen molar-refractivity contribution in [3.8, 4) is 11.1 Å². The molecule has 2 aromatic heterocycles. The van der Waals surface area contributed by atoms with Gasteiger partial charge in [-0.2, -0.15) is 45.9 Å². The van der Waals surface area contributed by atoms with Crippen molar-refractivity contribution in [2.24, 2.45) is 0 Å². The highest BCUT2D eigenvalue weighted by Gasteiger charge is 2.39. The lowest BCUT2D eigenvalue weighted by atomic mass is 10.00. The van der Waals surface area contributed by atoms with Gasteiger partial charge in [0, 0.05) is 5.56 Å². The van der Waals surface area contributed by atoms with Gasteiger partial charge in [-0.15, -0.1) is 0 Å². The standard InChI is InChI=1S/C15H9ClF7N5/c1-6(14(18,19)20)26-12-10(11(16)27-13-24-5-25-28(12)13)8-4-7(17)2-3-9(8)15(21,22)23/h2-6,26H,1H3. The van der Waals surface area contributed by atoms with Gasteiger partial charge in [-0.05, 0) is 25.1 Å². The van der Waals surface area contributed by atoms with Crippen molar-refractivity contribution in [3.63, 3.8) is 0 Å². The summed E-state index contributed by atoms with van der Waals surface area (Å²) < 4.78 is 93.8. The highest BCUT2D eigenvalue weighted by atomic mass is 35.5. The lowest BCUT2D eigenvalue weighted by Gasteiger charge is -2.22. The molecule has 3 aromatic rings. The maximum atomic E-state index is 13.7. The fourth-order valence-electron chi connectivity index (χ4n) is 2.45. The lowest BCUT2D eigenvalue weighted by Crippen LogP contribution is -2.34. The number of alkyl halides is 6. The van der Waals surface area contributed by atoms with Crippen LogP contribution >= 0.6 is 11.6 Å². The Morgan fingerprint density at radius 1 is 1.14 bits per heavy atom. The molecule has 1 N–H and O–H groups in total. The molecule has 0 saturated carbocycles. The molecule has 1 unspecified atom stereocenters. The van der Waals surface area contributed by atoms with Crippen LogP contribution in [0.2, 0.25) is 5.15 Å². The molecular formula is C15H9ClF7N5. The van der Waals surface area contributed by atoms with Crippen molar-refractivity contribution in [1.82, 2.24) is 19.6 Å². The van der Waals surface area contributed by atoms with Gasteiger partial charge in [-0.25, -0.2) is 4.39 Å². The largest absolute Gasteiger partial charge is 0.417 e. The molecule has 0 aliphatic heterocycles. The van der Waals surface area contributed by atoms with Crippen molar-refractivity contribution in [3.05, 3.63) is 41.1 Å². The molecule has 0 saturated heterocycles. The molecule has 1 atom stereocenters. The van der Waals surface area contributed by atoms with Crippen LogP contribution in [0.5, 0.6) is 0 Å². The van der Waals surface area contributed by atoms with E-state index >= 15 is 0 Å². The second-order valence-electron chi connectivity index (χ2n) is 5.69. The van der Waals surface area contributed by atoms with Crippen LogP contribution in [0.15, 0.2) is 24.5 Å². The van der Waals surface area contributed by atoms with Crippen LogP contribution < -0.4 is 5.32 Å². The highest BCUT2D eigenvalue weighted by molar-refractivity contribution is 6.33. The Morgan fingerprint density at radius 3 is 2.43 bits per heavy atom. The Hall–Kier alpha value is -2.63. The molecule has 0 aliphatic rings. The number of anilines is 1. The average Bonchev–Trinajstić information content (AvgIpc) is 3.00. The Bertz CT molecular complexity index is 1030. The van der Waals surface area contributed by atoms with Gasteiger partial charge in [0.1, 0.15) is 29.2 Å². The molecule has 0 bridgehead atoms. The molecule has 13 heteroatoms. The third-order valence-corrected chi connectivity index (χ3v) is 4.06. The molecule has 0 aliphatic carbocycles. The maximum absolute atomic E-state index is 13.7. The van der Waals surface area contributed by atoms with Crippen LogP contribution in [0.3, 0.4) is 0 Å². The first-order valence-corrected chi connectivity index (χ1v) is 7.87. The number of hydrogen-bond donors (Lipinski definition) is 1. The van der Waals surface area contributed by atoms with E-state index in [0.717, 1.165) is 17.8 Å². The summed E-state index contributed by atoms with van der Waals surface area (Å²) in [6.07, 6.45) is -8.74. The first-order chi connectivity index (χ1) is 12.9. The minimum atomic E-state index is -4.93. The summed E-state index contributed by atoms with van der Waals surface area (Å²) in [5.41, 5.74) is -2.69. The number of benzene rings is 1. The Balaban J connectivity index is 2.35. The monoisotopic (exact) mass is 427 g/mol. The van der Waals surface area contributed by atoms with E-state index in [1.54, 1.807) is 0 Å². The summed E-state index contributed by atoms with van der Waals surface area (Å²) in [5, 5.41) is 5.11. The van der Waals surface area contributed by atoms with Crippen molar-refractivity contribution in [2.75, 3.05) is 5.32 Å². The zero-order valence-corrected chi connectivity index (χ0v) is 14.5. The summed E-state index contributed by atoms with van der Waals surface area (Å²) in [6.45, 7) is 0.747. The quantitative estimate of drug-likeness (QED) is 0.474. The molecule has 2 heterocycles. The normalized spacial score (nSPS) is 13.8.